The van der Waals surface area contributed by atoms with Crippen LogP contribution in [0.15, 0.2) is 6.20 Å². The molecule has 0 aromatic carbocycles. The van der Waals surface area contributed by atoms with Crippen LogP contribution in [0.2, 0.25) is 0 Å². The van der Waals surface area contributed by atoms with E-state index < -0.39 is 0 Å². The molecule has 0 saturated carbocycles. The Kier molecular flexibility index (Phi) is 2.46. The van der Waals surface area contributed by atoms with Gasteiger partial charge in [-0.3, -0.25) is 4.79 Å². The van der Waals surface area contributed by atoms with Gasteiger partial charge in [0.25, 0.3) is 0 Å². The molecule has 0 amide bonds. The van der Waals surface area contributed by atoms with Crippen LogP contribution in [-0.2, 0) is 0 Å². The smallest absolute Gasteiger partial charge is 0.161 e. The van der Waals surface area contributed by atoms with Gasteiger partial charge >= 0.3 is 0 Å². The van der Waals surface area contributed by atoms with Crippen molar-refractivity contribution in [1.29, 1.82) is 0 Å². The van der Waals surface area contributed by atoms with E-state index in [1.165, 1.54) is 29.9 Å². The summed E-state index contributed by atoms with van der Waals surface area (Å²) in [4.78, 5) is 15.4. The molecule has 1 fully saturated rings. The molecule has 1 unspecified atom stereocenters. The van der Waals surface area contributed by atoms with Crippen LogP contribution in [-0.4, -0.2) is 17.0 Å². The molecule has 1 aliphatic rings. The highest BCUT2D eigenvalue weighted by Crippen LogP contribution is 2.40. The van der Waals surface area contributed by atoms with E-state index in [9.17, 15) is 4.79 Å². The zero-order valence-electron chi connectivity index (χ0n) is 6.53. The molecule has 1 aromatic rings. The van der Waals surface area contributed by atoms with Crippen LogP contribution < -0.4 is 0 Å². The number of aldehydes is 1. The summed E-state index contributed by atoms with van der Waals surface area (Å²) in [5.74, 6) is 1.24. The number of thiazole rings is 1. The molecule has 2 nitrogen and oxygen atoms in total. The maximum atomic E-state index is 10.4. The van der Waals surface area contributed by atoms with Gasteiger partial charge in [0.05, 0.1) is 10.1 Å². The number of carbonyl (C=O) groups excluding carboxylic acids is 1. The van der Waals surface area contributed by atoms with Crippen LogP contribution in [0.3, 0.4) is 0 Å². The molecular weight excluding hydrogens is 190 g/mol. The van der Waals surface area contributed by atoms with Crippen molar-refractivity contribution in [2.75, 3.05) is 5.75 Å². The third kappa shape index (κ3) is 1.54. The molecule has 0 N–H and O–H groups in total. The molecule has 0 radical (unpaired) electrons. The van der Waals surface area contributed by atoms with Gasteiger partial charge in [0, 0.05) is 6.20 Å². The minimum atomic E-state index is 0.559. The predicted octanol–water partition coefficient (Wildman–Crippen LogP) is 2.52. The number of hydrogen-bond donors (Lipinski definition) is 0. The van der Waals surface area contributed by atoms with Crippen molar-refractivity contribution in [3.8, 4) is 0 Å². The summed E-state index contributed by atoms with van der Waals surface area (Å²) in [6.07, 6.45) is 5.05. The van der Waals surface area contributed by atoms with Crippen molar-refractivity contribution >= 4 is 29.4 Å². The quantitative estimate of drug-likeness (QED) is 0.685. The zero-order valence-corrected chi connectivity index (χ0v) is 8.16. The molecular formula is C8H9NOS2. The Bertz CT molecular complexity index is 278. The first-order valence-electron chi connectivity index (χ1n) is 3.92. The monoisotopic (exact) mass is 199 g/mol. The number of hydrogen-bond acceptors (Lipinski definition) is 4. The van der Waals surface area contributed by atoms with E-state index in [0.29, 0.717) is 5.25 Å². The van der Waals surface area contributed by atoms with Crippen LogP contribution in [0.5, 0.6) is 0 Å². The van der Waals surface area contributed by atoms with E-state index in [1.54, 1.807) is 6.20 Å². The van der Waals surface area contributed by atoms with Crippen molar-refractivity contribution < 1.29 is 4.79 Å². The lowest BCUT2D eigenvalue weighted by atomic mass is 10.3. The van der Waals surface area contributed by atoms with Gasteiger partial charge in [0.1, 0.15) is 5.01 Å². The summed E-state index contributed by atoms with van der Waals surface area (Å²) in [7, 11) is 0. The highest BCUT2D eigenvalue weighted by molar-refractivity contribution is 7.99. The Hall–Kier alpha value is -0.350. The zero-order chi connectivity index (χ0) is 8.39. The fraction of sp³-hybridized carbons (Fsp3) is 0.500. The van der Waals surface area contributed by atoms with Crippen molar-refractivity contribution in [3.05, 3.63) is 16.1 Å². The van der Waals surface area contributed by atoms with Gasteiger partial charge in [0.15, 0.2) is 6.29 Å². The molecule has 2 heterocycles. The first-order valence-corrected chi connectivity index (χ1v) is 5.79. The standard InChI is InChI=1S/C8H9NOS2/c10-5-6-4-9-8(12-6)7-2-1-3-11-7/h4-5,7H,1-3H2. The van der Waals surface area contributed by atoms with Crippen LogP contribution in [0.25, 0.3) is 0 Å². The van der Waals surface area contributed by atoms with E-state index in [1.807, 2.05) is 11.8 Å². The molecule has 2 rings (SSSR count). The first kappa shape index (κ1) is 8.26. The number of aromatic nitrogens is 1. The van der Waals surface area contributed by atoms with Crippen molar-refractivity contribution in [1.82, 2.24) is 4.98 Å². The average molecular weight is 199 g/mol. The molecule has 1 aromatic heterocycles. The molecule has 1 saturated heterocycles. The SMILES string of the molecule is O=Cc1cnc(C2CCCS2)s1. The molecule has 12 heavy (non-hydrogen) atoms. The summed E-state index contributed by atoms with van der Waals surface area (Å²) in [5.41, 5.74) is 0. The van der Waals surface area contributed by atoms with Gasteiger partial charge < -0.3 is 0 Å². The third-order valence-corrected chi connectivity index (χ3v) is 4.43. The maximum Gasteiger partial charge on any atom is 0.161 e. The minimum absolute atomic E-state index is 0.559. The average Bonchev–Trinajstić information content (AvgIpc) is 2.75. The second-order valence-corrected chi connectivity index (χ2v) is 5.12. The van der Waals surface area contributed by atoms with E-state index in [0.717, 1.165) is 16.2 Å². The molecule has 1 aliphatic heterocycles. The summed E-state index contributed by atoms with van der Waals surface area (Å²) < 4.78 is 0. The second-order valence-electron chi connectivity index (χ2n) is 2.72. The van der Waals surface area contributed by atoms with E-state index >= 15 is 0 Å². The van der Waals surface area contributed by atoms with E-state index in [2.05, 4.69) is 4.98 Å². The van der Waals surface area contributed by atoms with Gasteiger partial charge in [-0.15, -0.1) is 11.3 Å². The molecule has 0 aliphatic carbocycles. The van der Waals surface area contributed by atoms with Crippen LogP contribution >= 0.6 is 23.1 Å². The fourth-order valence-corrected chi connectivity index (χ4v) is 3.53. The maximum absolute atomic E-state index is 10.4. The number of nitrogens with zero attached hydrogens (tertiary/aromatic N) is 1. The van der Waals surface area contributed by atoms with E-state index in [-0.39, 0.29) is 0 Å². The Morgan fingerprint density at radius 2 is 2.58 bits per heavy atom. The van der Waals surface area contributed by atoms with Crippen LogP contribution in [0.4, 0.5) is 0 Å². The summed E-state index contributed by atoms with van der Waals surface area (Å²) >= 11 is 3.48. The Labute approximate surface area is 79.4 Å². The normalized spacial score (nSPS) is 22.8. The topological polar surface area (TPSA) is 30.0 Å². The van der Waals surface area contributed by atoms with Crippen LogP contribution in [0.1, 0.15) is 32.8 Å². The largest absolute Gasteiger partial charge is 0.297 e. The van der Waals surface area contributed by atoms with E-state index in [4.69, 9.17) is 0 Å². The lowest BCUT2D eigenvalue weighted by molar-refractivity contribution is 0.112. The summed E-state index contributed by atoms with van der Waals surface area (Å²) in [6, 6.07) is 0. The van der Waals surface area contributed by atoms with Gasteiger partial charge in [-0.1, -0.05) is 0 Å². The van der Waals surface area contributed by atoms with Crippen LogP contribution in [0, 0.1) is 0 Å². The lowest BCUT2D eigenvalue weighted by Gasteiger charge is -2.01. The van der Waals surface area contributed by atoms with Gasteiger partial charge in [-0.05, 0) is 18.6 Å². The predicted molar refractivity (Wildman–Crippen MR) is 51.9 cm³/mol. The highest BCUT2D eigenvalue weighted by atomic mass is 32.2. The highest BCUT2D eigenvalue weighted by Gasteiger charge is 2.20. The minimum Gasteiger partial charge on any atom is -0.297 e. The number of carbonyl (C=O) groups is 1. The van der Waals surface area contributed by atoms with Gasteiger partial charge in [-0.25, -0.2) is 4.98 Å². The Morgan fingerprint density at radius 3 is 3.17 bits per heavy atom. The Balaban J connectivity index is 2.16. The number of thioether (sulfide) groups is 1. The molecule has 1 atom stereocenters. The van der Waals surface area contributed by atoms with Crippen molar-refractivity contribution in [2.45, 2.75) is 18.1 Å². The van der Waals surface area contributed by atoms with Gasteiger partial charge in [-0.2, -0.15) is 11.8 Å². The molecule has 0 bridgehead atoms. The second kappa shape index (κ2) is 3.58. The summed E-state index contributed by atoms with van der Waals surface area (Å²) in [6.45, 7) is 0. The van der Waals surface area contributed by atoms with Crippen molar-refractivity contribution in [2.24, 2.45) is 0 Å². The molecule has 64 valence electrons. The molecule has 4 heteroatoms. The first-order chi connectivity index (χ1) is 5.90. The summed E-state index contributed by atoms with van der Waals surface area (Å²) in [5, 5.41) is 1.68. The van der Waals surface area contributed by atoms with Gasteiger partial charge in [0.2, 0.25) is 0 Å². The number of rotatable bonds is 2. The lowest BCUT2D eigenvalue weighted by Crippen LogP contribution is -1.84. The fourth-order valence-electron chi connectivity index (χ4n) is 1.28. The third-order valence-electron chi connectivity index (χ3n) is 1.86. The molecule has 0 spiro atoms. The Morgan fingerprint density at radius 1 is 1.67 bits per heavy atom. The van der Waals surface area contributed by atoms with Crippen molar-refractivity contribution in [3.63, 3.8) is 0 Å².